The van der Waals surface area contributed by atoms with Crippen LogP contribution in [-0.4, -0.2) is 14.9 Å². The molecule has 0 aromatic carbocycles. The molecule has 0 fully saturated rings. The van der Waals surface area contributed by atoms with E-state index in [4.69, 9.17) is 0 Å². The number of aliphatic hydroxyl groups is 1. The van der Waals surface area contributed by atoms with Crippen molar-refractivity contribution in [1.29, 1.82) is 0 Å². The van der Waals surface area contributed by atoms with Gasteiger partial charge in [0.2, 0.25) is 0 Å². The van der Waals surface area contributed by atoms with Crippen molar-refractivity contribution in [2.24, 2.45) is 12.5 Å². The molecule has 1 atom stereocenters. The Labute approximate surface area is 98.5 Å². The van der Waals surface area contributed by atoms with Crippen LogP contribution in [0.2, 0.25) is 0 Å². The maximum Gasteiger partial charge on any atom is 0.0823 e. The van der Waals surface area contributed by atoms with Gasteiger partial charge in [-0.2, -0.15) is 5.10 Å². The first-order valence-corrected chi connectivity index (χ1v) is 6.04. The Kier molecular flexibility index (Phi) is 4.14. The van der Waals surface area contributed by atoms with E-state index in [9.17, 15) is 5.11 Å². The van der Waals surface area contributed by atoms with Crippen molar-refractivity contribution in [3.05, 3.63) is 17.5 Å². The van der Waals surface area contributed by atoms with Crippen molar-refractivity contribution in [2.75, 3.05) is 0 Å². The van der Waals surface area contributed by atoms with E-state index in [1.807, 2.05) is 13.2 Å². The summed E-state index contributed by atoms with van der Waals surface area (Å²) in [5.74, 6) is 0. The molecule has 0 aliphatic carbocycles. The van der Waals surface area contributed by atoms with Gasteiger partial charge >= 0.3 is 0 Å². The van der Waals surface area contributed by atoms with Gasteiger partial charge in [-0.15, -0.1) is 0 Å². The predicted octanol–water partition coefficient (Wildman–Crippen LogP) is 2.84. The van der Waals surface area contributed by atoms with Crippen LogP contribution in [0.3, 0.4) is 0 Å². The number of aryl methyl sites for hydroxylation is 2. The molecule has 1 unspecified atom stereocenters. The van der Waals surface area contributed by atoms with Gasteiger partial charge in [0.25, 0.3) is 0 Å². The predicted molar refractivity (Wildman–Crippen MR) is 66.2 cm³/mol. The monoisotopic (exact) mass is 224 g/mol. The average molecular weight is 224 g/mol. The fourth-order valence-electron chi connectivity index (χ4n) is 1.83. The van der Waals surface area contributed by atoms with Crippen molar-refractivity contribution in [3.63, 3.8) is 0 Å². The second-order valence-corrected chi connectivity index (χ2v) is 5.67. The number of rotatable bonds is 4. The van der Waals surface area contributed by atoms with Crippen LogP contribution in [0.5, 0.6) is 0 Å². The maximum absolute atomic E-state index is 10.2. The van der Waals surface area contributed by atoms with Gasteiger partial charge in [-0.3, -0.25) is 4.68 Å². The highest BCUT2D eigenvalue weighted by Gasteiger charge is 2.18. The first kappa shape index (κ1) is 13.2. The van der Waals surface area contributed by atoms with Crippen LogP contribution in [0.25, 0.3) is 0 Å². The average Bonchev–Trinajstić information content (AvgIpc) is 2.55. The van der Waals surface area contributed by atoms with Crippen LogP contribution >= 0.6 is 0 Å². The highest BCUT2D eigenvalue weighted by Crippen LogP contribution is 2.28. The van der Waals surface area contributed by atoms with Crippen molar-refractivity contribution in [3.8, 4) is 0 Å². The molecule has 0 amide bonds. The Morgan fingerprint density at radius 1 is 1.44 bits per heavy atom. The highest BCUT2D eigenvalue weighted by atomic mass is 16.3. The second-order valence-electron chi connectivity index (χ2n) is 5.67. The van der Waals surface area contributed by atoms with Crippen LogP contribution in [0.4, 0.5) is 0 Å². The minimum atomic E-state index is -0.372. The Bertz CT molecular complexity index is 336. The van der Waals surface area contributed by atoms with Crippen molar-refractivity contribution in [1.82, 2.24) is 9.78 Å². The molecule has 1 rings (SSSR count). The fraction of sp³-hybridized carbons (Fsp3) is 0.769. The molecule has 0 aliphatic heterocycles. The Hall–Kier alpha value is -0.830. The third-order valence-corrected chi connectivity index (χ3v) is 2.80. The van der Waals surface area contributed by atoms with Crippen LogP contribution in [-0.2, 0) is 13.5 Å². The Morgan fingerprint density at radius 3 is 2.56 bits per heavy atom. The van der Waals surface area contributed by atoms with Crippen LogP contribution in [0.15, 0.2) is 6.20 Å². The van der Waals surface area contributed by atoms with Gasteiger partial charge in [0, 0.05) is 18.8 Å². The third-order valence-electron chi connectivity index (χ3n) is 2.80. The van der Waals surface area contributed by atoms with Gasteiger partial charge in [0.05, 0.1) is 11.8 Å². The van der Waals surface area contributed by atoms with E-state index in [1.165, 1.54) is 0 Å². The van der Waals surface area contributed by atoms with Gasteiger partial charge < -0.3 is 5.11 Å². The maximum atomic E-state index is 10.2. The minimum Gasteiger partial charge on any atom is -0.388 e. The lowest BCUT2D eigenvalue weighted by molar-refractivity contribution is 0.146. The largest absolute Gasteiger partial charge is 0.388 e. The lowest BCUT2D eigenvalue weighted by Crippen LogP contribution is -2.08. The summed E-state index contributed by atoms with van der Waals surface area (Å²) in [5.41, 5.74) is 2.29. The fourth-order valence-corrected chi connectivity index (χ4v) is 1.83. The first-order chi connectivity index (χ1) is 7.33. The van der Waals surface area contributed by atoms with Crippen molar-refractivity contribution in [2.45, 2.75) is 53.1 Å². The van der Waals surface area contributed by atoms with E-state index in [0.29, 0.717) is 0 Å². The normalized spacial score (nSPS) is 14.1. The summed E-state index contributed by atoms with van der Waals surface area (Å²) in [6.07, 6.45) is 4.27. The van der Waals surface area contributed by atoms with Crippen LogP contribution in [0, 0.1) is 5.41 Å². The quantitative estimate of drug-likeness (QED) is 0.854. The number of nitrogens with zero attached hydrogens (tertiary/aromatic N) is 2. The summed E-state index contributed by atoms with van der Waals surface area (Å²) < 4.78 is 1.79. The molecular weight excluding hydrogens is 200 g/mol. The van der Waals surface area contributed by atoms with Gasteiger partial charge in [-0.1, -0.05) is 27.7 Å². The number of hydrogen-bond acceptors (Lipinski definition) is 2. The lowest BCUT2D eigenvalue weighted by atomic mass is 9.88. The smallest absolute Gasteiger partial charge is 0.0823 e. The molecule has 3 heteroatoms. The highest BCUT2D eigenvalue weighted by molar-refractivity contribution is 5.19. The van der Waals surface area contributed by atoms with Gasteiger partial charge in [0.1, 0.15) is 0 Å². The Balaban J connectivity index is 2.68. The summed E-state index contributed by atoms with van der Waals surface area (Å²) in [6, 6.07) is 0. The summed E-state index contributed by atoms with van der Waals surface area (Å²) >= 11 is 0. The van der Waals surface area contributed by atoms with E-state index >= 15 is 0 Å². The lowest BCUT2D eigenvalue weighted by Gasteiger charge is -2.20. The van der Waals surface area contributed by atoms with Crippen LogP contribution in [0.1, 0.15) is 57.9 Å². The standard InChI is InChI=1S/C13H24N2O/c1-6-11-10(9-15(5)14-11)12(16)7-8-13(2,3)4/h9,12,16H,6-8H2,1-5H3. The number of hydrogen-bond donors (Lipinski definition) is 1. The second kappa shape index (κ2) is 5.00. The summed E-state index contributed by atoms with van der Waals surface area (Å²) in [5, 5.41) is 14.5. The summed E-state index contributed by atoms with van der Waals surface area (Å²) in [6.45, 7) is 8.67. The van der Waals surface area contributed by atoms with Gasteiger partial charge in [0.15, 0.2) is 0 Å². The van der Waals surface area contributed by atoms with Gasteiger partial charge in [-0.25, -0.2) is 0 Å². The molecule has 1 N–H and O–H groups in total. The Morgan fingerprint density at radius 2 is 2.06 bits per heavy atom. The molecule has 0 radical (unpaired) electrons. The molecule has 0 saturated heterocycles. The molecule has 0 bridgehead atoms. The molecule has 0 saturated carbocycles. The van der Waals surface area contributed by atoms with Crippen molar-refractivity contribution < 1.29 is 5.11 Å². The molecule has 0 spiro atoms. The molecule has 0 aliphatic rings. The zero-order valence-corrected chi connectivity index (χ0v) is 11.1. The molecule has 16 heavy (non-hydrogen) atoms. The molecule has 1 aromatic rings. The topological polar surface area (TPSA) is 38.0 Å². The third kappa shape index (κ3) is 3.63. The zero-order chi connectivity index (χ0) is 12.3. The van der Waals surface area contributed by atoms with E-state index in [0.717, 1.165) is 30.5 Å². The first-order valence-electron chi connectivity index (χ1n) is 6.04. The SMILES string of the molecule is CCc1nn(C)cc1C(O)CCC(C)(C)C. The number of aliphatic hydroxyl groups excluding tert-OH is 1. The molecule has 1 heterocycles. The molecule has 1 aromatic heterocycles. The van der Waals surface area contributed by atoms with E-state index in [1.54, 1.807) is 4.68 Å². The zero-order valence-electron chi connectivity index (χ0n) is 11.1. The van der Waals surface area contributed by atoms with E-state index < -0.39 is 0 Å². The van der Waals surface area contributed by atoms with Gasteiger partial charge in [-0.05, 0) is 24.7 Å². The molecular formula is C13H24N2O. The minimum absolute atomic E-state index is 0.273. The van der Waals surface area contributed by atoms with Crippen LogP contribution < -0.4 is 0 Å². The molecule has 3 nitrogen and oxygen atoms in total. The van der Waals surface area contributed by atoms with E-state index in [2.05, 4.69) is 32.8 Å². The van der Waals surface area contributed by atoms with Crippen molar-refractivity contribution >= 4 is 0 Å². The summed E-state index contributed by atoms with van der Waals surface area (Å²) in [4.78, 5) is 0. The molecule has 92 valence electrons. The summed E-state index contributed by atoms with van der Waals surface area (Å²) in [7, 11) is 1.90. The van der Waals surface area contributed by atoms with E-state index in [-0.39, 0.29) is 11.5 Å². The number of aromatic nitrogens is 2.